The molecule has 15 heavy (non-hydrogen) atoms. The Morgan fingerprint density at radius 1 is 1.40 bits per heavy atom. The van der Waals surface area contributed by atoms with Gasteiger partial charge in [0.15, 0.2) is 0 Å². The van der Waals surface area contributed by atoms with Gasteiger partial charge in [-0.25, -0.2) is 0 Å². The van der Waals surface area contributed by atoms with Crippen molar-refractivity contribution in [3.63, 3.8) is 0 Å². The van der Waals surface area contributed by atoms with Crippen molar-refractivity contribution in [2.45, 2.75) is 46.2 Å². The Labute approximate surface area is 91.2 Å². The Balaban J connectivity index is 4.52. The molecular weight excluding hydrogens is 215 g/mol. The molecule has 0 aromatic carbocycles. The van der Waals surface area contributed by atoms with Gasteiger partial charge in [0, 0.05) is 0 Å². The van der Waals surface area contributed by atoms with Crippen molar-refractivity contribution in [1.29, 1.82) is 5.26 Å². The van der Waals surface area contributed by atoms with Gasteiger partial charge < -0.3 is 0 Å². The molecule has 1 atom stereocenters. The molecule has 87 valence electrons. The standard InChI is InChI=1S/C9H19N2O3P/c1-8(2)11(9(3)4)15(12,13)14-7-5-6-10/h8-9H,5,7H2,1-4H3,(H,12,13)/q+1. The van der Waals surface area contributed by atoms with Crippen LogP contribution in [0.3, 0.4) is 0 Å². The minimum Gasteiger partial charge on any atom is -0.275 e. The zero-order valence-corrected chi connectivity index (χ0v) is 10.6. The number of rotatable bonds is 6. The van der Waals surface area contributed by atoms with E-state index in [0.29, 0.717) is 0 Å². The van der Waals surface area contributed by atoms with Crippen LogP contribution in [0.5, 0.6) is 0 Å². The first-order valence-electron chi connectivity index (χ1n) is 4.96. The number of hydrogen-bond donors (Lipinski definition) is 1. The van der Waals surface area contributed by atoms with Crippen LogP contribution >= 0.6 is 7.75 Å². The third-order valence-electron chi connectivity index (χ3n) is 1.82. The van der Waals surface area contributed by atoms with Gasteiger partial charge in [-0.15, -0.1) is 0 Å². The molecule has 0 aliphatic carbocycles. The first-order valence-corrected chi connectivity index (χ1v) is 6.49. The van der Waals surface area contributed by atoms with E-state index in [9.17, 15) is 9.46 Å². The van der Waals surface area contributed by atoms with Crippen molar-refractivity contribution >= 4 is 7.75 Å². The molecule has 0 amide bonds. The average molecular weight is 234 g/mol. The van der Waals surface area contributed by atoms with Crippen LogP contribution in [-0.2, 0) is 9.09 Å². The minimum absolute atomic E-state index is 0.0137. The van der Waals surface area contributed by atoms with Crippen LogP contribution in [0.15, 0.2) is 0 Å². The quantitative estimate of drug-likeness (QED) is 0.563. The lowest BCUT2D eigenvalue weighted by molar-refractivity contribution is 0.214. The van der Waals surface area contributed by atoms with Crippen LogP contribution in [0.25, 0.3) is 0 Å². The summed E-state index contributed by atoms with van der Waals surface area (Å²) in [6.07, 6.45) is 0.120. The van der Waals surface area contributed by atoms with E-state index in [4.69, 9.17) is 9.79 Å². The fraction of sp³-hybridized carbons (Fsp3) is 0.889. The van der Waals surface area contributed by atoms with Crippen molar-refractivity contribution in [2.75, 3.05) is 6.61 Å². The van der Waals surface area contributed by atoms with Crippen LogP contribution in [0.2, 0.25) is 0 Å². The lowest BCUT2D eigenvalue weighted by atomic mass is 10.3. The van der Waals surface area contributed by atoms with Gasteiger partial charge in [-0.05, 0) is 27.7 Å². The lowest BCUT2D eigenvalue weighted by Crippen LogP contribution is -2.40. The SMILES string of the molecule is CC(C)[N+](C(C)C)P(=O)(O)OCCC#N. The maximum absolute atomic E-state index is 11.8. The Hall–Kier alpha value is -0.400. The van der Waals surface area contributed by atoms with Gasteiger partial charge in [-0.1, -0.05) is 4.67 Å². The van der Waals surface area contributed by atoms with Gasteiger partial charge in [0.2, 0.25) is 0 Å². The summed E-state index contributed by atoms with van der Waals surface area (Å²) in [6.45, 7) is 7.31. The van der Waals surface area contributed by atoms with Crippen LogP contribution in [0, 0.1) is 11.3 Å². The summed E-state index contributed by atoms with van der Waals surface area (Å²) in [5, 5.41) is 8.31. The predicted molar refractivity (Wildman–Crippen MR) is 58.4 cm³/mol. The van der Waals surface area contributed by atoms with Crippen molar-refractivity contribution in [3.05, 3.63) is 0 Å². The van der Waals surface area contributed by atoms with Crippen molar-refractivity contribution in [3.8, 4) is 6.07 Å². The predicted octanol–water partition coefficient (Wildman–Crippen LogP) is 1.97. The highest BCUT2D eigenvalue weighted by Crippen LogP contribution is 2.46. The smallest absolute Gasteiger partial charge is 0.275 e. The molecule has 0 bridgehead atoms. The normalized spacial score (nSPS) is 15.7. The third kappa shape index (κ3) is 4.76. The molecule has 1 unspecified atom stereocenters. The molecule has 0 saturated heterocycles. The molecule has 0 aromatic rings. The summed E-state index contributed by atoms with van der Waals surface area (Å²) < 4.78 is 18.1. The maximum atomic E-state index is 11.8. The summed E-state index contributed by atoms with van der Waals surface area (Å²) in [6, 6.07) is 1.70. The monoisotopic (exact) mass is 234 g/mol. The Kier molecular flexibility index (Phi) is 6.07. The maximum Gasteiger partial charge on any atom is 0.576 e. The van der Waals surface area contributed by atoms with Crippen LogP contribution in [0.1, 0.15) is 34.1 Å². The van der Waals surface area contributed by atoms with Gasteiger partial charge in [0.05, 0.1) is 19.1 Å². The lowest BCUT2D eigenvalue weighted by Gasteiger charge is -2.22. The van der Waals surface area contributed by atoms with E-state index < -0.39 is 7.75 Å². The fourth-order valence-electron chi connectivity index (χ4n) is 1.46. The van der Waals surface area contributed by atoms with E-state index in [0.717, 1.165) is 0 Å². The highest BCUT2D eigenvalue weighted by atomic mass is 31.2. The summed E-state index contributed by atoms with van der Waals surface area (Å²) in [5.41, 5.74) is 0. The summed E-state index contributed by atoms with van der Waals surface area (Å²) in [5.74, 6) is 0. The molecule has 0 fully saturated rings. The van der Waals surface area contributed by atoms with Crippen molar-refractivity contribution in [2.24, 2.45) is 0 Å². The Bertz CT molecular complexity index is 265. The fourth-order valence-corrected chi connectivity index (χ4v) is 3.09. The van der Waals surface area contributed by atoms with Gasteiger partial charge in [-0.2, -0.15) is 9.83 Å². The van der Waals surface area contributed by atoms with E-state index in [1.165, 1.54) is 4.67 Å². The molecule has 0 heterocycles. The van der Waals surface area contributed by atoms with E-state index in [1.54, 1.807) is 0 Å². The molecule has 0 aliphatic heterocycles. The van der Waals surface area contributed by atoms with Crippen LogP contribution in [-0.4, -0.2) is 23.6 Å². The minimum atomic E-state index is -3.76. The molecule has 5 nitrogen and oxygen atoms in total. The summed E-state index contributed by atoms with van der Waals surface area (Å²) in [4.78, 5) is 9.69. The third-order valence-corrected chi connectivity index (χ3v) is 3.85. The number of hydrogen-bond acceptors (Lipinski definition) is 3. The second-order valence-corrected chi connectivity index (χ2v) is 5.50. The first-order chi connectivity index (χ1) is 6.83. The van der Waals surface area contributed by atoms with Crippen molar-refractivity contribution in [1.82, 2.24) is 4.67 Å². The average Bonchev–Trinajstić information content (AvgIpc) is 2.01. The Morgan fingerprint density at radius 2 is 1.87 bits per heavy atom. The molecule has 0 saturated carbocycles. The highest BCUT2D eigenvalue weighted by molar-refractivity contribution is 7.51. The molecule has 0 aliphatic rings. The van der Waals surface area contributed by atoms with E-state index in [-0.39, 0.29) is 25.1 Å². The molecule has 1 N–H and O–H groups in total. The first kappa shape index (κ1) is 14.6. The zero-order valence-electron chi connectivity index (χ0n) is 9.67. The molecule has 0 spiro atoms. The molecule has 0 rings (SSSR count). The Morgan fingerprint density at radius 3 is 2.20 bits per heavy atom. The van der Waals surface area contributed by atoms with E-state index >= 15 is 0 Å². The molecular formula is C9H19N2O3P+. The number of nitriles is 1. The highest BCUT2D eigenvalue weighted by Gasteiger charge is 2.45. The van der Waals surface area contributed by atoms with Gasteiger partial charge in [0.25, 0.3) is 0 Å². The van der Waals surface area contributed by atoms with Gasteiger partial charge in [-0.3, -0.25) is 9.42 Å². The van der Waals surface area contributed by atoms with Crippen LogP contribution in [0.4, 0.5) is 0 Å². The zero-order chi connectivity index (χ0) is 12.1. The van der Waals surface area contributed by atoms with Crippen LogP contribution < -0.4 is 4.67 Å². The topological polar surface area (TPSA) is 76.2 Å². The second-order valence-electron chi connectivity index (χ2n) is 3.80. The van der Waals surface area contributed by atoms with Gasteiger partial charge >= 0.3 is 7.75 Å². The summed E-state index contributed by atoms with van der Waals surface area (Å²) in [7, 11) is -3.76. The molecule has 6 heteroatoms. The second kappa shape index (κ2) is 6.24. The van der Waals surface area contributed by atoms with E-state index in [1.807, 2.05) is 33.8 Å². The largest absolute Gasteiger partial charge is 0.576 e. The molecule has 0 aromatic heterocycles. The number of nitrogens with zero attached hydrogens (tertiary/aromatic N) is 2. The van der Waals surface area contributed by atoms with Gasteiger partial charge in [0.1, 0.15) is 12.1 Å². The molecule has 1 radical (unpaired) electrons. The van der Waals surface area contributed by atoms with E-state index in [2.05, 4.69) is 0 Å². The summed E-state index contributed by atoms with van der Waals surface area (Å²) >= 11 is 0. The van der Waals surface area contributed by atoms with Crippen molar-refractivity contribution < 1.29 is 14.0 Å².